The molecule has 0 aromatic rings. The van der Waals surface area contributed by atoms with Gasteiger partial charge in [-0.05, 0) is 0 Å². The van der Waals surface area contributed by atoms with Crippen molar-refractivity contribution in [2.24, 2.45) is 0 Å². The molecule has 0 aliphatic heterocycles. The van der Waals surface area contributed by atoms with E-state index in [1.54, 1.807) is 74.8 Å². The van der Waals surface area contributed by atoms with Crippen LogP contribution >= 0.6 is 7.68 Å². The molecular weight excluding hydrogens is 520 g/mol. The molecule has 0 atom stereocenters. The Morgan fingerprint density at radius 1 is 0.256 bits per heavy atom. The van der Waals surface area contributed by atoms with Crippen LogP contribution in [0.3, 0.4) is 0 Å². The van der Waals surface area contributed by atoms with Crippen molar-refractivity contribution in [1.82, 2.24) is 0 Å². The van der Waals surface area contributed by atoms with Crippen LogP contribution in [0.1, 0.15) is 196 Å². The fourth-order valence-corrected chi connectivity index (χ4v) is 41.6. The summed E-state index contributed by atoms with van der Waals surface area (Å²) < 4.78 is 0. The minimum absolute atomic E-state index is 1.20. The fourth-order valence-electron chi connectivity index (χ4n) is 7.03. The van der Waals surface area contributed by atoms with Crippen molar-refractivity contribution < 1.29 is 0 Å². The van der Waals surface area contributed by atoms with E-state index in [2.05, 4.69) is 41.5 Å². The second-order valence-corrected chi connectivity index (χ2v) is 31.3. The lowest BCUT2D eigenvalue weighted by atomic mass is 10.2. The van der Waals surface area contributed by atoms with Crippen LogP contribution in [0.2, 0.25) is 36.3 Å². The summed E-state index contributed by atoms with van der Waals surface area (Å²) in [5, 5.41) is 0. The lowest BCUT2D eigenvalue weighted by Crippen LogP contribution is -2.40. The van der Waals surface area contributed by atoms with E-state index < -0.39 is 15.5 Å². The first kappa shape index (κ1) is 39.9. The third-order valence-electron chi connectivity index (χ3n) is 9.58. The summed E-state index contributed by atoms with van der Waals surface area (Å²) in [5.74, 6) is 0. The molecule has 0 aliphatic carbocycles. The van der Waals surface area contributed by atoms with Gasteiger partial charge < -0.3 is 0 Å². The van der Waals surface area contributed by atoms with Gasteiger partial charge in [0.1, 0.15) is 0 Å². The van der Waals surface area contributed by atoms with Crippen LogP contribution in [0.25, 0.3) is 0 Å². The highest BCUT2D eigenvalue weighted by molar-refractivity contribution is 8.07. The Balaban J connectivity index is 6.10. The lowest BCUT2D eigenvalue weighted by Gasteiger charge is -2.43. The average Bonchev–Trinajstić information content (AvgIpc) is 2.94. The highest BCUT2D eigenvalue weighted by Gasteiger charge is 2.42. The molecule has 39 heavy (non-hydrogen) atoms. The van der Waals surface area contributed by atoms with Crippen molar-refractivity contribution in [1.29, 1.82) is 0 Å². The highest BCUT2D eigenvalue weighted by Crippen LogP contribution is 2.54. The van der Waals surface area contributed by atoms with E-state index in [0.717, 1.165) is 0 Å². The Morgan fingerprint density at radius 2 is 0.436 bits per heavy atom. The van der Waals surface area contributed by atoms with Crippen LogP contribution in [0.4, 0.5) is 0 Å². The zero-order chi connectivity index (χ0) is 28.9. The summed E-state index contributed by atoms with van der Waals surface area (Å²) in [6.45, 7) is 14.4. The maximum atomic E-state index is 2.41. The molecule has 0 saturated heterocycles. The first-order chi connectivity index (χ1) is 19.1. The minimum Gasteiger partial charge on any atom is -0.143 e. The summed E-state index contributed by atoms with van der Waals surface area (Å²) in [7, 11) is -0.889. The number of hydrogen-bond acceptors (Lipinski definition) is 0. The van der Waals surface area contributed by atoms with Crippen molar-refractivity contribution >= 4 is 23.2 Å². The van der Waals surface area contributed by atoms with E-state index in [-0.39, 0.29) is 0 Å². The van der Waals surface area contributed by atoms with Crippen molar-refractivity contribution in [3.8, 4) is 0 Å². The molecule has 0 radical (unpaired) electrons. The van der Waals surface area contributed by atoms with Crippen LogP contribution in [-0.4, -0.2) is 15.5 Å². The molecule has 0 spiro atoms. The van der Waals surface area contributed by atoms with Crippen LogP contribution in [0, 0.1) is 0 Å². The van der Waals surface area contributed by atoms with Crippen molar-refractivity contribution in [3.05, 3.63) is 0 Å². The molecule has 0 aliphatic rings. The molecule has 0 unspecified atom stereocenters. The maximum absolute atomic E-state index is 2.41. The number of hydrogen-bond donors (Lipinski definition) is 0. The normalized spacial score (nSPS) is 12.5. The molecule has 0 rings (SSSR count). The van der Waals surface area contributed by atoms with Crippen molar-refractivity contribution in [3.63, 3.8) is 0 Å². The maximum Gasteiger partial charge on any atom is 0.0739 e. The Hall–Kier alpha value is 0.864. The van der Waals surface area contributed by atoms with Gasteiger partial charge >= 0.3 is 0 Å². The third-order valence-corrected chi connectivity index (χ3v) is 35.7. The Kier molecular flexibility index (Phi) is 29.6. The van der Waals surface area contributed by atoms with Gasteiger partial charge in [0.05, 0.1) is 15.5 Å². The average molecular weight is 599 g/mol. The van der Waals surface area contributed by atoms with Gasteiger partial charge in [0.2, 0.25) is 0 Å². The van der Waals surface area contributed by atoms with Crippen LogP contribution in [0.5, 0.6) is 0 Å². The highest BCUT2D eigenvalue weighted by atomic mass is 31.6. The smallest absolute Gasteiger partial charge is 0.0739 e. The van der Waals surface area contributed by atoms with E-state index in [1.807, 2.05) is 0 Å². The zero-order valence-electron chi connectivity index (χ0n) is 28.7. The summed E-state index contributed by atoms with van der Waals surface area (Å²) in [4.78, 5) is 0. The van der Waals surface area contributed by atoms with Gasteiger partial charge in [-0.25, -0.2) is 0 Å². The summed E-state index contributed by atoms with van der Waals surface area (Å²) in [5.41, 5.74) is 0. The Labute approximate surface area is 254 Å². The topological polar surface area (TPSA) is 0 Å². The van der Waals surface area contributed by atoms with E-state index in [9.17, 15) is 0 Å². The fraction of sp³-hybridized carbons (Fsp3) is 1.00. The van der Waals surface area contributed by atoms with Crippen molar-refractivity contribution in [2.75, 3.05) is 0 Å². The number of rotatable bonds is 32. The van der Waals surface area contributed by atoms with E-state index in [1.165, 1.54) is 123 Å². The lowest BCUT2D eigenvalue weighted by molar-refractivity contribution is 0.668. The molecule has 0 heterocycles. The van der Waals surface area contributed by atoms with Gasteiger partial charge in [-0.15, -0.1) is 7.68 Å². The standard InChI is InChI=1S/C36H79PSi2/c1-7-13-19-25-31-38(32-26-20-14-8-2,33-27-21-15-9-3)37-39(34-28-22-16-10-4,35-29-23-17-11-5)36-30-24-18-12-6/h37H,7-36H2,1-6H3. The first-order valence-corrected chi connectivity index (χ1v) is 27.1. The Morgan fingerprint density at radius 3 is 0.590 bits per heavy atom. The van der Waals surface area contributed by atoms with Crippen LogP contribution in [-0.2, 0) is 0 Å². The Bertz CT molecular complexity index is 376. The number of unbranched alkanes of at least 4 members (excludes halogenated alkanes) is 18. The SMILES string of the molecule is CCCCCC[Si](CCCCCC)(CCCCCC)P[Si](CCCCCC)(CCCCCC)CCCCCC. The van der Waals surface area contributed by atoms with Gasteiger partial charge in [0, 0.05) is 0 Å². The summed E-state index contributed by atoms with van der Waals surface area (Å²) in [6, 6.07) is 10.3. The molecule has 0 saturated carbocycles. The van der Waals surface area contributed by atoms with Crippen LogP contribution in [0.15, 0.2) is 0 Å². The van der Waals surface area contributed by atoms with Gasteiger partial charge in [-0.1, -0.05) is 232 Å². The quantitative estimate of drug-likeness (QED) is 0.0410. The van der Waals surface area contributed by atoms with Crippen LogP contribution < -0.4 is 0 Å². The third kappa shape index (κ3) is 22.1. The molecular formula is C36H79PSi2. The predicted octanol–water partition coefficient (Wildman–Crippen LogP) is 15.0. The molecule has 0 aromatic heterocycles. The van der Waals surface area contributed by atoms with Gasteiger partial charge in [-0.2, -0.15) is 0 Å². The van der Waals surface area contributed by atoms with E-state index in [0.29, 0.717) is 0 Å². The van der Waals surface area contributed by atoms with E-state index in [4.69, 9.17) is 0 Å². The van der Waals surface area contributed by atoms with Gasteiger partial charge in [-0.3, -0.25) is 0 Å². The minimum atomic E-state index is -1.20. The zero-order valence-corrected chi connectivity index (χ0v) is 31.7. The molecule has 3 heteroatoms. The molecule has 0 bridgehead atoms. The van der Waals surface area contributed by atoms with Gasteiger partial charge in [0.15, 0.2) is 0 Å². The summed E-state index contributed by atoms with van der Waals surface area (Å²) in [6.07, 6.45) is 35.9. The second-order valence-electron chi connectivity index (χ2n) is 13.5. The molecule has 0 N–H and O–H groups in total. The van der Waals surface area contributed by atoms with Crippen molar-refractivity contribution in [2.45, 2.75) is 232 Å². The summed E-state index contributed by atoms with van der Waals surface area (Å²) >= 11 is 0. The molecule has 0 nitrogen and oxygen atoms in total. The second kappa shape index (κ2) is 29.0. The monoisotopic (exact) mass is 599 g/mol. The largest absolute Gasteiger partial charge is 0.143 e. The molecule has 236 valence electrons. The van der Waals surface area contributed by atoms with Gasteiger partial charge in [0.25, 0.3) is 0 Å². The molecule has 0 aromatic carbocycles. The first-order valence-electron chi connectivity index (χ1n) is 18.9. The molecule has 0 fully saturated rings. The van der Waals surface area contributed by atoms with E-state index >= 15 is 0 Å². The molecule has 0 amide bonds. The predicted molar refractivity (Wildman–Crippen MR) is 194 cm³/mol.